The molecule has 2 saturated heterocycles. The summed E-state index contributed by atoms with van der Waals surface area (Å²) in [5.74, 6) is 1.31. The van der Waals surface area contributed by atoms with E-state index in [1.807, 2.05) is 58.0 Å². The topological polar surface area (TPSA) is 54.3 Å². The molecule has 2 aliphatic heterocycles. The number of para-hydroxylation sites is 2. The molecule has 5 nitrogen and oxygen atoms in total. The van der Waals surface area contributed by atoms with E-state index in [9.17, 15) is 9.59 Å². The van der Waals surface area contributed by atoms with Crippen molar-refractivity contribution >= 4 is 40.1 Å². The molecule has 1 N–H and O–H groups in total. The Labute approximate surface area is 163 Å². The van der Waals surface area contributed by atoms with Crippen molar-refractivity contribution in [3.8, 4) is 0 Å². The first-order chi connectivity index (χ1) is 12.7. The SMILES string of the molecule is Cl.O=C(Cn1c2ccccc2c(=O)c2ccccc21)N1C[C@H]2CNC[C@H]2C1. The van der Waals surface area contributed by atoms with Crippen molar-refractivity contribution in [2.45, 2.75) is 6.54 Å². The smallest absolute Gasteiger partial charge is 0.242 e. The lowest BCUT2D eigenvalue weighted by Crippen LogP contribution is -2.34. The molecule has 0 unspecified atom stereocenters. The van der Waals surface area contributed by atoms with Crippen LogP contribution < -0.4 is 10.7 Å². The van der Waals surface area contributed by atoms with Crippen molar-refractivity contribution in [2.24, 2.45) is 11.8 Å². The Kier molecular flexibility index (Phi) is 4.66. The second-order valence-electron chi connectivity index (χ2n) is 7.43. The van der Waals surface area contributed by atoms with E-state index >= 15 is 0 Å². The molecule has 140 valence electrons. The first kappa shape index (κ1) is 18.0. The molecule has 0 bridgehead atoms. The van der Waals surface area contributed by atoms with Gasteiger partial charge in [0.1, 0.15) is 6.54 Å². The van der Waals surface area contributed by atoms with E-state index in [1.54, 1.807) is 0 Å². The Balaban J connectivity index is 0.00000180. The van der Waals surface area contributed by atoms with E-state index in [2.05, 4.69) is 5.32 Å². The molecule has 6 heteroatoms. The Hall–Kier alpha value is -2.37. The summed E-state index contributed by atoms with van der Waals surface area (Å²) >= 11 is 0. The normalized spacial score (nSPS) is 21.4. The highest BCUT2D eigenvalue weighted by atomic mass is 35.5. The van der Waals surface area contributed by atoms with Gasteiger partial charge in [0.05, 0.1) is 11.0 Å². The number of amides is 1. The van der Waals surface area contributed by atoms with Gasteiger partial charge in [0.25, 0.3) is 0 Å². The van der Waals surface area contributed by atoms with Gasteiger partial charge >= 0.3 is 0 Å². The minimum Gasteiger partial charge on any atom is -0.340 e. The number of carbonyl (C=O) groups excluding carboxylic acids is 1. The minimum absolute atomic E-state index is 0. The summed E-state index contributed by atoms with van der Waals surface area (Å²) < 4.78 is 2.00. The third-order valence-corrected chi connectivity index (χ3v) is 5.91. The maximum Gasteiger partial charge on any atom is 0.242 e. The van der Waals surface area contributed by atoms with Gasteiger partial charge in [0.2, 0.25) is 5.91 Å². The number of pyridine rings is 1. The second kappa shape index (κ2) is 6.98. The highest BCUT2D eigenvalue weighted by Gasteiger charge is 2.38. The number of hydrogen-bond acceptors (Lipinski definition) is 3. The number of aromatic nitrogens is 1. The Morgan fingerprint density at radius 2 is 1.44 bits per heavy atom. The third-order valence-electron chi connectivity index (χ3n) is 5.91. The summed E-state index contributed by atoms with van der Waals surface area (Å²) in [5.41, 5.74) is 1.68. The monoisotopic (exact) mass is 383 g/mol. The van der Waals surface area contributed by atoms with Crippen molar-refractivity contribution in [3.63, 3.8) is 0 Å². The van der Waals surface area contributed by atoms with Crippen LogP contribution in [0.3, 0.4) is 0 Å². The van der Waals surface area contributed by atoms with Gasteiger partial charge in [0.15, 0.2) is 5.43 Å². The lowest BCUT2D eigenvalue weighted by Gasteiger charge is -2.21. The van der Waals surface area contributed by atoms with Crippen LogP contribution >= 0.6 is 12.4 Å². The van der Waals surface area contributed by atoms with Crippen LogP contribution in [0.4, 0.5) is 0 Å². The fraction of sp³-hybridized carbons (Fsp3) is 0.333. The Morgan fingerprint density at radius 3 is 2.00 bits per heavy atom. The molecule has 2 atom stereocenters. The van der Waals surface area contributed by atoms with Crippen molar-refractivity contribution in [3.05, 3.63) is 58.8 Å². The van der Waals surface area contributed by atoms with Gasteiger partial charge in [-0.3, -0.25) is 9.59 Å². The molecule has 2 aliphatic rings. The highest BCUT2D eigenvalue weighted by molar-refractivity contribution is 5.94. The van der Waals surface area contributed by atoms with E-state index in [-0.39, 0.29) is 30.3 Å². The zero-order chi connectivity index (χ0) is 17.7. The Morgan fingerprint density at radius 1 is 0.926 bits per heavy atom. The van der Waals surface area contributed by atoms with Crippen LogP contribution in [0.1, 0.15) is 0 Å². The fourth-order valence-electron chi connectivity index (χ4n) is 4.54. The number of rotatable bonds is 2. The van der Waals surface area contributed by atoms with Gasteiger partial charge in [-0.15, -0.1) is 12.4 Å². The van der Waals surface area contributed by atoms with Crippen LogP contribution in [-0.4, -0.2) is 41.6 Å². The molecule has 0 radical (unpaired) electrons. The second-order valence-corrected chi connectivity index (χ2v) is 7.43. The molecule has 0 aliphatic carbocycles. The zero-order valence-electron chi connectivity index (χ0n) is 14.9. The summed E-state index contributed by atoms with van der Waals surface area (Å²) in [7, 11) is 0. The summed E-state index contributed by atoms with van der Waals surface area (Å²) in [5, 5.41) is 4.75. The highest BCUT2D eigenvalue weighted by Crippen LogP contribution is 2.27. The number of nitrogens with one attached hydrogen (secondary N) is 1. The van der Waals surface area contributed by atoms with Crippen LogP contribution in [0.25, 0.3) is 21.8 Å². The number of likely N-dealkylation sites (tertiary alicyclic amines) is 1. The van der Waals surface area contributed by atoms with Crippen molar-refractivity contribution in [1.82, 2.24) is 14.8 Å². The first-order valence-corrected chi connectivity index (χ1v) is 9.21. The molecule has 3 heterocycles. The quantitative estimate of drug-likeness (QED) is 0.690. The Bertz CT molecular complexity index is 1010. The maximum atomic E-state index is 13.0. The fourth-order valence-corrected chi connectivity index (χ4v) is 4.54. The molecule has 0 saturated carbocycles. The van der Waals surface area contributed by atoms with Gasteiger partial charge in [-0.05, 0) is 36.1 Å². The van der Waals surface area contributed by atoms with Crippen LogP contribution in [0.15, 0.2) is 53.3 Å². The van der Waals surface area contributed by atoms with E-state index < -0.39 is 0 Å². The zero-order valence-corrected chi connectivity index (χ0v) is 15.7. The minimum atomic E-state index is 0. The molecular formula is C21H22ClN3O2. The molecule has 2 aromatic carbocycles. The van der Waals surface area contributed by atoms with E-state index in [4.69, 9.17) is 0 Å². The van der Waals surface area contributed by atoms with Crippen LogP contribution in [-0.2, 0) is 11.3 Å². The van der Waals surface area contributed by atoms with E-state index in [0.717, 1.165) is 37.2 Å². The van der Waals surface area contributed by atoms with Crippen molar-refractivity contribution in [1.29, 1.82) is 0 Å². The molecule has 0 spiro atoms. The average Bonchev–Trinajstić information content (AvgIpc) is 3.27. The summed E-state index contributed by atoms with van der Waals surface area (Å²) in [4.78, 5) is 27.8. The lowest BCUT2D eigenvalue weighted by atomic mass is 10.0. The molecule has 5 rings (SSSR count). The van der Waals surface area contributed by atoms with Crippen molar-refractivity contribution in [2.75, 3.05) is 26.2 Å². The molecule has 3 aromatic rings. The third kappa shape index (κ3) is 2.91. The first-order valence-electron chi connectivity index (χ1n) is 9.21. The number of benzene rings is 2. The molecular weight excluding hydrogens is 362 g/mol. The number of carbonyl (C=O) groups is 1. The number of fused-ring (bicyclic) bond motifs is 3. The van der Waals surface area contributed by atoms with Crippen LogP contribution in [0, 0.1) is 11.8 Å². The molecule has 1 amide bonds. The van der Waals surface area contributed by atoms with Crippen LogP contribution in [0.2, 0.25) is 0 Å². The van der Waals surface area contributed by atoms with Gasteiger partial charge in [-0.25, -0.2) is 0 Å². The molecule has 2 fully saturated rings. The van der Waals surface area contributed by atoms with Crippen LogP contribution in [0.5, 0.6) is 0 Å². The summed E-state index contributed by atoms with van der Waals surface area (Å²) in [6, 6.07) is 15.1. The van der Waals surface area contributed by atoms with E-state index in [1.165, 1.54) is 0 Å². The van der Waals surface area contributed by atoms with Gasteiger partial charge in [-0.1, -0.05) is 24.3 Å². The van der Waals surface area contributed by atoms with Gasteiger partial charge in [0, 0.05) is 37.0 Å². The predicted molar refractivity (Wildman–Crippen MR) is 109 cm³/mol. The number of halogens is 1. The summed E-state index contributed by atoms with van der Waals surface area (Å²) in [6.45, 7) is 3.98. The predicted octanol–water partition coefficient (Wildman–Crippen LogP) is 2.25. The van der Waals surface area contributed by atoms with Crippen molar-refractivity contribution < 1.29 is 4.79 Å². The van der Waals surface area contributed by atoms with Gasteiger partial charge in [-0.2, -0.15) is 0 Å². The average molecular weight is 384 g/mol. The molecule has 1 aromatic heterocycles. The maximum absolute atomic E-state index is 13.0. The molecule has 27 heavy (non-hydrogen) atoms. The summed E-state index contributed by atoms with van der Waals surface area (Å²) in [6.07, 6.45) is 0. The largest absolute Gasteiger partial charge is 0.340 e. The van der Waals surface area contributed by atoms with Gasteiger partial charge < -0.3 is 14.8 Å². The standard InChI is InChI=1S/C21H21N3O2.ClH/c25-20(23-11-14-9-22-10-15(14)12-23)13-24-18-7-3-1-5-16(18)21(26)17-6-2-4-8-19(17)24;/h1-8,14-15,22H,9-13H2;1H/t14-,15+;. The number of hydrogen-bond donors (Lipinski definition) is 1. The number of nitrogens with zero attached hydrogens (tertiary/aromatic N) is 2. The van der Waals surface area contributed by atoms with E-state index in [0.29, 0.717) is 22.6 Å². The lowest BCUT2D eigenvalue weighted by molar-refractivity contribution is -0.130.